The van der Waals surface area contributed by atoms with E-state index in [0.717, 1.165) is 4.90 Å². The van der Waals surface area contributed by atoms with Gasteiger partial charge >= 0.3 is 6.09 Å². The Morgan fingerprint density at radius 3 is 2.82 bits per heavy atom. The Bertz CT molecular complexity index is 854. The van der Waals surface area contributed by atoms with Gasteiger partial charge in [-0.1, -0.05) is 0 Å². The van der Waals surface area contributed by atoms with E-state index in [2.05, 4.69) is 4.99 Å². The average Bonchev–Trinajstić information content (AvgIpc) is 3.00. The van der Waals surface area contributed by atoms with Crippen LogP contribution in [-0.4, -0.2) is 36.3 Å². The van der Waals surface area contributed by atoms with Gasteiger partial charge in [0.2, 0.25) is 0 Å². The molecule has 0 aliphatic carbocycles. The Morgan fingerprint density at radius 2 is 2.23 bits per heavy atom. The number of rotatable bonds is 2. The summed E-state index contributed by atoms with van der Waals surface area (Å²) in [5.41, 5.74) is 6.03. The molecule has 0 bridgehead atoms. The Kier molecular flexibility index (Phi) is 3.12. The molecule has 1 saturated heterocycles. The molecule has 2 aromatic rings. The molecular formula is C13H13FN4O4. The van der Waals surface area contributed by atoms with Gasteiger partial charge in [0.05, 0.1) is 12.2 Å². The number of anilines is 1. The lowest BCUT2D eigenvalue weighted by Crippen LogP contribution is -2.32. The van der Waals surface area contributed by atoms with Crippen molar-refractivity contribution < 1.29 is 23.1 Å². The monoisotopic (exact) mass is 308 g/mol. The second-order valence-electron chi connectivity index (χ2n) is 4.83. The van der Waals surface area contributed by atoms with Crippen LogP contribution in [0.4, 0.5) is 14.9 Å². The molecule has 22 heavy (non-hydrogen) atoms. The number of amides is 2. The summed E-state index contributed by atoms with van der Waals surface area (Å²) >= 11 is 0. The predicted molar refractivity (Wildman–Crippen MR) is 73.4 cm³/mol. The molecule has 2 heterocycles. The Hall–Kier alpha value is -2.84. The van der Waals surface area contributed by atoms with Gasteiger partial charge in [0, 0.05) is 26.2 Å². The molecule has 1 aromatic carbocycles. The van der Waals surface area contributed by atoms with Crippen molar-refractivity contribution in [2.24, 2.45) is 17.8 Å². The third kappa shape index (κ3) is 2.01. The second kappa shape index (κ2) is 4.86. The number of carbonyl (C=O) groups excluding carboxylic acids is 2. The molecule has 1 atom stereocenters. The fraction of sp³-hybridized carbons (Fsp3) is 0.308. The zero-order valence-corrected chi connectivity index (χ0v) is 11.9. The second-order valence-corrected chi connectivity index (χ2v) is 4.83. The molecule has 116 valence electrons. The fourth-order valence-electron chi connectivity index (χ4n) is 2.40. The van der Waals surface area contributed by atoms with Crippen LogP contribution in [0.1, 0.15) is 0 Å². The van der Waals surface area contributed by atoms with Gasteiger partial charge < -0.3 is 14.9 Å². The summed E-state index contributed by atoms with van der Waals surface area (Å²) in [6.45, 7) is -0.0725. The summed E-state index contributed by atoms with van der Waals surface area (Å²) in [7, 11) is 3.13. The molecule has 8 nitrogen and oxygen atoms in total. The zero-order chi connectivity index (χ0) is 16.0. The van der Waals surface area contributed by atoms with E-state index in [-0.39, 0.29) is 29.0 Å². The topological polar surface area (TPSA) is 103 Å². The minimum atomic E-state index is -1.06. The number of aryl methyl sites for hydroxylation is 1. The van der Waals surface area contributed by atoms with E-state index >= 15 is 0 Å². The number of oxazole rings is 1. The molecule has 0 unspecified atom stereocenters. The number of hydrogen-bond acceptors (Lipinski definition) is 5. The number of hydrogen-bond donors (Lipinski definition) is 1. The van der Waals surface area contributed by atoms with Crippen LogP contribution in [0.5, 0.6) is 0 Å². The normalized spacial score (nSPS) is 19.0. The summed E-state index contributed by atoms with van der Waals surface area (Å²) in [6.07, 6.45) is -1.82. The number of halogens is 1. The van der Waals surface area contributed by atoms with E-state index in [1.807, 2.05) is 0 Å². The van der Waals surface area contributed by atoms with Crippen molar-refractivity contribution in [2.75, 3.05) is 18.5 Å². The summed E-state index contributed by atoms with van der Waals surface area (Å²) in [6, 6.07) is 2.65. The van der Waals surface area contributed by atoms with Gasteiger partial charge in [-0.25, -0.2) is 14.2 Å². The molecule has 2 amide bonds. The lowest BCUT2D eigenvalue weighted by molar-refractivity contribution is -0.124. The number of benzene rings is 1. The number of carbonyl (C=O) groups is 2. The maximum atomic E-state index is 14.3. The van der Waals surface area contributed by atoms with Crippen LogP contribution < -0.4 is 16.3 Å². The number of cyclic esters (lactones) is 1. The van der Waals surface area contributed by atoms with Gasteiger partial charge in [-0.05, 0) is 0 Å². The van der Waals surface area contributed by atoms with Crippen LogP contribution in [0.3, 0.4) is 0 Å². The molecule has 3 rings (SSSR count). The third-order valence-electron chi connectivity index (χ3n) is 3.47. The van der Waals surface area contributed by atoms with Crippen LogP contribution in [-0.2, 0) is 16.6 Å². The highest BCUT2D eigenvalue weighted by Crippen LogP contribution is 2.27. The number of nitrogens with zero attached hydrogens (tertiary/aromatic N) is 3. The molecule has 0 spiro atoms. The van der Waals surface area contributed by atoms with Crippen LogP contribution >= 0.6 is 0 Å². The van der Waals surface area contributed by atoms with Gasteiger partial charge in [0.25, 0.3) is 11.6 Å². The highest BCUT2D eigenvalue weighted by Gasteiger charge is 2.36. The summed E-state index contributed by atoms with van der Waals surface area (Å²) in [5, 5.41) is 0. The van der Waals surface area contributed by atoms with Crippen molar-refractivity contribution >= 4 is 28.8 Å². The third-order valence-corrected chi connectivity index (χ3v) is 3.47. The lowest BCUT2D eigenvalue weighted by Gasteiger charge is -2.12. The maximum absolute atomic E-state index is 14.3. The number of fused-ring (bicyclic) bond motifs is 1. The number of nitrogens with two attached hydrogens (primary N) is 1. The fourth-order valence-corrected chi connectivity index (χ4v) is 2.40. The highest BCUT2D eigenvalue weighted by atomic mass is 19.1. The number of primary amides is 1. The number of ether oxygens (including phenoxy) is 1. The van der Waals surface area contributed by atoms with Crippen molar-refractivity contribution in [2.45, 2.75) is 6.10 Å². The molecule has 2 N–H and O–H groups in total. The molecule has 0 radical (unpaired) electrons. The first-order valence-electron chi connectivity index (χ1n) is 6.41. The molecule has 0 saturated carbocycles. The van der Waals surface area contributed by atoms with Gasteiger partial charge in [0.1, 0.15) is 5.52 Å². The Labute approximate surface area is 123 Å². The van der Waals surface area contributed by atoms with E-state index in [1.165, 1.54) is 23.7 Å². The Morgan fingerprint density at radius 1 is 1.50 bits per heavy atom. The first kappa shape index (κ1) is 14.1. The smallest absolute Gasteiger partial charge is 0.415 e. The maximum Gasteiger partial charge on any atom is 0.415 e. The van der Waals surface area contributed by atoms with E-state index in [1.54, 1.807) is 7.05 Å². The quantitative estimate of drug-likeness (QED) is 0.859. The molecule has 9 heteroatoms. The summed E-state index contributed by atoms with van der Waals surface area (Å²) < 4.78 is 26.0. The van der Waals surface area contributed by atoms with Gasteiger partial charge in [-0.2, -0.15) is 0 Å². The van der Waals surface area contributed by atoms with Gasteiger partial charge in [-0.3, -0.25) is 14.3 Å². The van der Waals surface area contributed by atoms with E-state index in [9.17, 15) is 14.0 Å². The Balaban J connectivity index is 2.10. The first-order valence-corrected chi connectivity index (χ1v) is 6.41. The lowest BCUT2D eigenvalue weighted by atomic mass is 10.2. The molecule has 1 aliphatic heterocycles. The van der Waals surface area contributed by atoms with Crippen LogP contribution in [0.25, 0.3) is 11.1 Å². The number of aromatic nitrogens is 1. The summed E-state index contributed by atoms with van der Waals surface area (Å²) in [5.74, 6) is -1.34. The summed E-state index contributed by atoms with van der Waals surface area (Å²) in [4.78, 5) is 27.9. The minimum absolute atomic E-state index is 0.0725. The van der Waals surface area contributed by atoms with E-state index < -0.39 is 23.9 Å². The largest absolute Gasteiger partial charge is 0.434 e. The molecular weight excluding hydrogens is 295 g/mol. The SMILES string of the molecule is C/N=c1/oc2cc(N3C[C@H](C(N)=O)OC3=O)cc(F)c2n1C. The van der Waals surface area contributed by atoms with Gasteiger partial charge in [-0.15, -0.1) is 0 Å². The van der Waals surface area contributed by atoms with E-state index in [0.29, 0.717) is 0 Å². The molecule has 1 fully saturated rings. The predicted octanol–water partition coefficient (Wildman–Crippen LogP) is 0.251. The van der Waals surface area contributed by atoms with Crippen molar-refractivity contribution in [3.05, 3.63) is 23.6 Å². The van der Waals surface area contributed by atoms with Crippen molar-refractivity contribution in [3.63, 3.8) is 0 Å². The van der Waals surface area contributed by atoms with Crippen molar-refractivity contribution in [1.82, 2.24) is 4.57 Å². The highest BCUT2D eigenvalue weighted by molar-refractivity contribution is 5.96. The van der Waals surface area contributed by atoms with Crippen molar-refractivity contribution in [1.29, 1.82) is 0 Å². The van der Waals surface area contributed by atoms with Gasteiger partial charge in [0.15, 0.2) is 17.5 Å². The average molecular weight is 308 g/mol. The van der Waals surface area contributed by atoms with Crippen LogP contribution in [0.2, 0.25) is 0 Å². The van der Waals surface area contributed by atoms with Crippen LogP contribution in [0, 0.1) is 5.82 Å². The van der Waals surface area contributed by atoms with E-state index in [4.69, 9.17) is 14.9 Å². The van der Waals surface area contributed by atoms with Crippen molar-refractivity contribution in [3.8, 4) is 0 Å². The zero-order valence-electron chi connectivity index (χ0n) is 11.9. The standard InChI is InChI=1S/C13H13FN4O4/c1-16-12-17(2)10-7(14)3-6(4-8(10)21-12)18-5-9(11(15)19)22-13(18)20/h3-4,9H,5H2,1-2H3,(H2,15,19)/b16-12+/t9-/m1/s1. The van der Waals surface area contributed by atoms with Crippen LogP contribution in [0.15, 0.2) is 21.5 Å². The molecule has 1 aromatic heterocycles. The first-order chi connectivity index (χ1) is 10.4. The minimum Gasteiger partial charge on any atom is -0.434 e. The molecule has 1 aliphatic rings.